The first-order chi connectivity index (χ1) is 10.2. The van der Waals surface area contributed by atoms with Crippen LogP contribution in [0.25, 0.3) is 11.0 Å². The van der Waals surface area contributed by atoms with Crippen LogP contribution in [-0.4, -0.2) is 5.75 Å². The van der Waals surface area contributed by atoms with Crippen molar-refractivity contribution in [3.05, 3.63) is 57.0 Å². The summed E-state index contributed by atoms with van der Waals surface area (Å²) < 4.78 is 5.95. The summed E-state index contributed by atoms with van der Waals surface area (Å²) in [6, 6.07) is 10.4. The smallest absolute Gasteiger partial charge is 0.134 e. The van der Waals surface area contributed by atoms with Crippen LogP contribution in [0.3, 0.4) is 0 Å². The number of nitrogens with two attached hydrogens (primary N) is 1. The van der Waals surface area contributed by atoms with E-state index >= 15 is 0 Å². The van der Waals surface area contributed by atoms with Crippen LogP contribution in [0.1, 0.15) is 32.7 Å². The summed E-state index contributed by atoms with van der Waals surface area (Å²) in [5.74, 6) is 3.21. The van der Waals surface area contributed by atoms with Crippen molar-refractivity contribution in [3.63, 3.8) is 0 Å². The van der Waals surface area contributed by atoms with Crippen molar-refractivity contribution in [2.45, 2.75) is 25.1 Å². The molecule has 108 valence electrons. The van der Waals surface area contributed by atoms with Gasteiger partial charge in [-0.25, -0.2) is 0 Å². The highest BCUT2D eigenvalue weighted by molar-refractivity contribution is 7.98. The molecule has 2 N–H and O–H groups in total. The fourth-order valence-corrected chi connectivity index (χ4v) is 5.19. The van der Waals surface area contributed by atoms with Gasteiger partial charge < -0.3 is 10.2 Å². The van der Waals surface area contributed by atoms with Crippen molar-refractivity contribution < 1.29 is 4.42 Å². The van der Waals surface area contributed by atoms with Gasteiger partial charge in [0.15, 0.2) is 0 Å². The quantitative estimate of drug-likeness (QED) is 0.749. The predicted molar refractivity (Wildman–Crippen MR) is 91.2 cm³/mol. The zero-order chi connectivity index (χ0) is 14.4. The number of thiophene rings is 1. The van der Waals surface area contributed by atoms with Gasteiger partial charge in [0.1, 0.15) is 11.3 Å². The minimum Gasteiger partial charge on any atom is -0.459 e. The van der Waals surface area contributed by atoms with Crippen LogP contribution >= 0.6 is 23.1 Å². The third-order valence-electron chi connectivity index (χ3n) is 3.95. The molecule has 0 saturated heterocycles. The van der Waals surface area contributed by atoms with E-state index in [0.717, 1.165) is 22.5 Å². The molecule has 4 heteroatoms. The van der Waals surface area contributed by atoms with Crippen LogP contribution in [0.15, 0.2) is 34.7 Å². The van der Waals surface area contributed by atoms with Gasteiger partial charge in [-0.15, -0.1) is 11.3 Å². The van der Waals surface area contributed by atoms with E-state index in [4.69, 9.17) is 10.2 Å². The lowest BCUT2D eigenvalue weighted by atomic mass is 10.1. The van der Waals surface area contributed by atoms with E-state index in [-0.39, 0.29) is 6.04 Å². The molecule has 0 radical (unpaired) electrons. The molecule has 0 spiro atoms. The molecule has 1 atom stereocenters. The summed E-state index contributed by atoms with van der Waals surface area (Å²) in [5, 5.41) is 1.14. The minimum absolute atomic E-state index is 0.154. The molecule has 0 aliphatic carbocycles. The number of rotatable bonds is 2. The molecule has 2 aromatic heterocycles. The highest BCUT2D eigenvalue weighted by atomic mass is 32.2. The molecule has 4 rings (SSSR count). The van der Waals surface area contributed by atoms with Gasteiger partial charge in [0.05, 0.1) is 6.04 Å². The molecular formula is C17H17NOS2. The number of hydrogen-bond acceptors (Lipinski definition) is 4. The Morgan fingerprint density at radius 1 is 1.24 bits per heavy atom. The maximum atomic E-state index is 6.44. The van der Waals surface area contributed by atoms with E-state index in [1.807, 2.05) is 29.2 Å². The van der Waals surface area contributed by atoms with Crippen molar-refractivity contribution in [2.75, 3.05) is 5.75 Å². The Kier molecular flexibility index (Phi) is 3.32. The zero-order valence-corrected chi connectivity index (χ0v) is 13.5. The average Bonchev–Trinajstić information content (AvgIpc) is 3.09. The van der Waals surface area contributed by atoms with E-state index in [2.05, 4.69) is 31.2 Å². The van der Waals surface area contributed by atoms with Crippen LogP contribution in [0.5, 0.6) is 0 Å². The Morgan fingerprint density at radius 2 is 2.14 bits per heavy atom. The average molecular weight is 315 g/mol. The maximum Gasteiger partial charge on any atom is 0.134 e. The monoisotopic (exact) mass is 315 g/mol. The fraction of sp³-hybridized carbons (Fsp3) is 0.294. The molecule has 0 saturated carbocycles. The Labute approximate surface area is 132 Å². The Balaban J connectivity index is 1.71. The van der Waals surface area contributed by atoms with Crippen LogP contribution in [0, 0.1) is 6.92 Å². The third kappa shape index (κ3) is 2.41. The van der Waals surface area contributed by atoms with E-state index in [0.29, 0.717) is 0 Å². The van der Waals surface area contributed by atoms with Gasteiger partial charge in [0, 0.05) is 20.9 Å². The molecule has 3 aromatic rings. The molecule has 1 aromatic carbocycles. The van der Waals surface area contributed by atoms with Gasteiger partial charge in [0.25, 0.3) is 0 Å². The summed E-state index contributed by atoms with van der Waals surface area (Å²) in [7, 11) is 0. The van der Waals surface area contributed by atoms with Gasteiger partial charge >= 0.3 is 0 Å². The van der Waals surface area contributed by atoms with Crippen LogP contribution < -0.4 is 5.73 Å². The van der Waals surface area contributed by atoms with Gasteiger partial charge in [-0.05, 0) is 48.9 Å². The van der Waals surface area contributed by atoms with Crippen LogP contribution in [-0.2, 0) is 12.2 Å². The fourth-order valence-electron chi connectivity index (χ4n) is 2.80. The second kappa shape index (κ2) is 5.20. The molecule has 1 unspecified atom stereocenters. The summed E-state index contributed by atoms with van der Waals surface area (Å²) in [6.45, 7) is 2.09. The SMILES string of the molecule is Cc1ccc2oc(C(N)c3cc4c(s3)CCSC4)cc2c1. The normalized spacial score (nSPS) is 16.1. The van der Waals surface area contributed by atoms with Gasteiger partial charge in [-0.1, -0.05) is 11.6 Å². The van der Waals surface area contributed by atoms with Crippen molar-refractivity contribution in [2.24, 2.45) is 5.73 Å². The van der Waals surface area contributed by atoms with Crippen molar-refractivity contribution >= 4 is 34.1 Å². The van der Waals surface area contributed by atoms with E-state index < -0.39 is 0 Å². The first kappa shape index (κ1) is 13.4. The van der Waals surface area contributed by atoms with E-state index in [1.165, 1.54) is 33.1 Å². The van der Waals surface area contributed by atoms with Gasteiger partial charge in [-0.2, -0.15) is 11.8 Å². The lowest BCUT2D eigenvalue weighted by molar-refractivity contribution is 0.527. The van der Waals surface area contributed by atoms with E-state index in [9.17, 15) is 0 Å². The number of aryl methyl sites for hydroxylation is 2. The lowest BCUT2D eigenvalue weighted by Gasteiger charge is -2.08. The maximum absolute atomic E-state index is 6.44. The molecule has 0 bridgehead atoms. The van der Waals surface area contributed by atoms with Crippen molar-refractivity contribution in [3.8, 4) is 0 Å². The zero-order valence-electron chi connectivity index (χ0n) is 11.9. The number of benzene rings is 1. The summed E-state index contributed by atoms with van der Waals surface area (Å²) in [6.07, 6.45) is 1.18. The summed E-state index contributed by atoms with van der Waals surface area (Å²) in [4.78, 5) is 2.73. The number of thioether (sulfide) groups is 1. The van der Waals surface area contributed by atoms with Crippen LogP contribution in [0.4, 0.5) is 0 Å². The van der Waals surface area contributed by atoms with Crippen molar-refractivity contribution in [1.29, 1.82) is 0 Å². The summed E-state index contributed by atoms with van der Waals surface area (Å²) in [5.41, 5.74) is 10.1. The van der Waals surface area contributed by atoms with Gasteiger partial charge in [0.2, 0.25) is 0 Å². The Morgan fingerprint density at radius 3 is 3.00 bits per heavy atom. The largest absolute Gasteiger partial charge is 0.459 e. The topological polar surface area (TPSA) is 39.2 Å². The van der Waals surface area contributed by atoms with Crippen molar-refractivity contribution in [1.82, 2.24) is 0 Å². The molecular weight excluding hydrogens is 298 g/mol. The van der Waals surface area contributed by atoms with Gasteiger partial charge in [-0.3, -0.25) is 0 Å². The Hall–Kier alpha value is -1.23. The minimum atomic E-state index is -0.154. The third-order valence-corrected chi connectivity index (χ3v) is 6.28. The lowest BCUT2D eigenvalue weighted by Crippen LogP contribution is -2.08. The standard InChI is InChI=1S/C17H17NOS2/c1-10-2-3-13-11(6-10)7-14(19-13)17(18)16-8-12-9-20-5-4-15(12)21-16/h2-3,6-8,17H,4-5,9,18H2,1H3. The predicted octanol–water partition coefficient (Wildman–Crippen LogP) is 4.64. The van der Waals surface area contributed by atoms with Crippen LogP contribution in [0.2, 0.25) is 0 Å². The molecule has 1 aliphatic rings. The number of furan rings is 1. The Bertz CT molecular complexity index is 779. The molecule has 0 amide bonds. The first-order valence-electron chi connectivity index (χ1n) is 7.15. The molecule has 2 nitrogen and oxygen atoms in total. The van der Waals surface area contributed by atoms with E-state index in [1.54, 1.807) is 0 Å². The second-order valence-corrected chi connectivity index (χ2v) is 7.84. The number of fused-ring (bicyclic) bond motifs is 2. The molecule has 3 heterocycles. The summed E-state index contributed by atoms with van der Waals surface area (Å²) >= 11 is 3.86. The highest BCUT2D eigenvalue weighted by Gasteiger charge is 2.20. The molecule has 21 heavy (non-hydrogen) atoms. The second-order valence-electron chi connectivity index (χ2n) is 5.57. The first-order valence-corrected chi connectivity index (χ1v) is 9.13. The molecule has 0 fully saturated rings. The molecule has 1 aliphatic heterocycles. The number of hydrogen-bond donors (Lipinski definition) is 1. The highest BCUT2D eigenvalue weighted by Crippen LogP contribution is 2.36.